The Kier molecular flexibility index (Phi) is 7.88. The van der Waals surface area contributed by atoms with Crippen molar-refractivity contribution >= 4 is 66.4 Å². The summed E-state index contributed by atoms with van der Waals surface area (Å²) in [6.07, 6.45) is 3.82. The van der Waals surface area contributed by atoms with Gasteiger partial charge < -0.3 is 4.90 Å². The Labute approximate surface area is 321 Å². The molecule has 55 heavy (non-hydrogen) atoms. The summed E-state index contributed by atoms with van der Waals surface area (Å²) in [6, 6.07) is 46.8. The van der Waals surface area contributed by atoms with Gasteiger partial charge in [-0.05, 0) is 100 Å². The van der Waals surface area contributed by atoms with E-state index in [0.717, 1.165) is 72.3 Å². The second-order valence-electron chi connectivity index (χ2n) is 16.4. The fourth-order valence-corrected chi connectivity index (χ4v) is 7.87. The maximum absolute atomic E-state index is 8.54. The zero-order valence-electron chi connectivity index (χ0n) is 32.0. The van der Waals surface area contributed by atoms with Crippen molar-refractivity contribution < 1.29 is 0 Å². The van der Waals surface area contributed by atoms with Crippen LogP contribution in [0.4, 0.5) is 22.7 Å². The maximum atomic E-state index is 8.54. The lowest BCUT2D eigenvalue weighted by molar-refractivity contribution is 0.588. The summed E-state index contributed by atoms with van der Waals surface area (Å²) in [6.45, 7) is 21.9. The predicted octanol–water partition coefficient (Wildman–Crippen LogP) is 13.3. The highest BCUT2D eigenvalue weighted by molar-refractivity contribution is 6.13. The van der Waals surface area contributed by atoms with Crippen molar-refractivity contribution in [2.45, 2.75) is 52.4 Å². The standard InChI is InChI=1S/C49H42N6/c1-48(2,3)32-23-25-51-46(27-32)54-41-19-13-11-17-36(41)38-22-21-35(29-43(38)54)53(34-15-9-8-10-16-34)45-31-44-39(30-40(45)50-7)37-18-12-14-20-42(37)55(44)47-28-33(24-26-52-47)49(4,5)6/h8-31H,1-6H3. The highest BCUT2D eigenvalue weighted by atomic mass is 15.2. The second-order valence-corrected chi connectivity index (χ2v) is 16.4. The largest absolute Gasteiger partial charge is 0.320 e. The number of hydrogen-bond donors (Lipinski definition) is 0. The van der Waals surface area contributed by atoms with Gasteiger partial charge in [0.1, 0.15) is 11.6 Å². The van der Waals surface area contributed by atoms with E-state index in [1.165, 1.54) is 11.1 Å². The second kappa shape index (κ2) is 12.7. The van der Waals surface area contributed by atoms with Crippen molar-refractivity contribution in [1.82, 2.24) is 19.1 Å². The first-order chi connectivity index (χ1) is 26.5. The minimum absolute atomic E-state index is 0.0351. The first kappa shape index (κ1) is 34.1. The van der Waals surface area contributed by atoms with Gasteiger partial charge in [-0.3, -0.25) is 9.13 Å². The lowest BCUT2D eigenvalue weighted by Crippen LogP contribution is -2.13. The zero-order chi connectivity index (χ0) is 38.1. The predicted molar refractivity (Wildman–Crippen MR) is 229 cm³/mol. The normalized spacial score (nSPS) is 12.2. The van der Waals surface area contributed by atoms with Gasteiger partial charge in [0.15, 0.2) is 0 Å². The van der Waals surface area contributed by atoms with Crippen LogP contribution in [0.15, 0.2) is 146 Å². The number of fused-ring (bicyclic) bond motifs is 6. The average molecular weight is 715 g/mol. The van der Waals surface area contributed by atoms with Gasteiger partial charge in [-0.1, -0.05) is 102 Å². The van der Waals surface area contributed by atoms with Crippen molar-refractivity contribution in [2.24, 2.45) is 0 Å². The molecule has 5 aromatic carbocycles. The zero-order valence-corrected chi connectivity index (χ0v) is 32.0. The molecular formula is C49H42N6. The van der Waals surface area contributed by atoms with Crippen molar-refractivity contribution in [2.75, 3.05) is 4.90 Å². The van der Waals surface area contributed by atoms with E-state index >= 15 is 0 Å². The first-order valence-electron chi connectivity index (χ1n) is 18.8. The van der Waals surface area contributed by atoms with E-state index in [4.69, 9.17) is 16.5 Å². The van der Waals surface area contributed by atoms with E-state index in [-0.39, 0.29) is 10.8 Å². The van der Waals surface area contributed by atoms with Crippen LogP contribution in [0.5, 0.6) is 0 Å². The van der Waals surface area contributed by atoms with Gasteiger partial charge in [-0.2, -0.15) is 0 Å². The van der Waals surface area contributed by atoms with E-state index in [2.05, 4.69) is 188 Å². The minimum Gasteiger partial charge on any atom is -0.320 e. The number of anilines is 3. The Hall–Kier alpha value is -6.71. The van der Waals surface area contributed by atoms with Gasteiger partial charge >= 0.3 is 0 Å². The molecule has 0 radical (unpaired) electrons. The number of rotatable bonds is 5. The number of nitrogens with zero attached hydrogens (tertiary/aromatic N) is 6. The van der Waals surface area contributed by atoms with Gasteiger partial charge in [0.05, 0.1) is 34.3 Å². The highest BCUT2D eigenvalue weighted by Gasteiger charge is 2.24. The molecule has 0 N–H and O–H groups in total. The third kappa shape index (κ3) is 5.71. The molecule has 9 aromatic rings. The number of pyridine rings is 2. The van der Waals surface area contributed by atoms with Gasteiger partial charge in [-0.25, -0.2) is 14.8 Å². The van der Waals surface area contributed by atoms with Gasteiger partial charge in [-0.15, -0.1) is 0 Å². The maximum Gasteiger partial charge on any atom is 0.211 e. The topological polar surface area (TPSA) is 43.2 Å². The van der Waals surface area contributed by atoms with Crippen molar-refractivity contribution in [1.29, 1.82) is 0 Å². The van der Waals surface area contributed by atoms with Crippen molar-refractivity contribution in [3.05, 3.63) is 168 Å². The Morgan fingerprint density at radius 2 is 1.00 bits per heavy atom. The number of benzene rings is 5. The van der Waals surface area contributed by atoms with Crippen LogP contribution in [0.2, 0.25) is 0 Å². The smallest absolute Gasteiger partial charge is 0.211 e. The van der Waals surface area contributed by atoms with E-state index in [0.29, 0.717) is 5.69 Å². The summed E-state index contributed by atoms with van der Waals surface area (Å²) < 4.78 is 4.52. The van der Waals surface area contributed by atoms with E-state index in [1.807, 2.05) is 18.5 Å². The number of aromatic nitrogens is 4. The van der Waals surface area contributed by atoms with Crippen LogP contribution < -0.4 is 4.90 Å². The van der Waals surface area contributed by atoms with Gasteiger partial charge in [0.2, 0.25) is 5.69 Å². The molecule has 4 aromatic heterocycles. The molecule has 6 heteroatoms. The monoisotopic (exact) mass is 714 g/mol. The molecule has 4 heterocycles. The van der Waals surface area contributed by atoms with Crippen LogP contribution >= 0.6 is 0 Å². The van der Waals surface area contributed by atoms with Crippen molar-refractivity contribution in [3.8, 4) is 11.6 Å². The molecule has 0 aliphatic carbocycles. The first-order valence-corrected chi connectivity index (χ1v) is 18.8. The summed E-state index contributed by atoms with van der Waals surface area (Å²) in [7, 11) is 0. The molecule has 0 bridgehead atoms. The van der Waals surface area contributed by atoms with Crippen LogP contribution in [0, 0.1) is 6.57 Å². The van der Waals surface area contributed by atoms with E-state index < -0.39 is 0 Å². The summed E-state index contributed by atoms with van der Waals surface area (Å²) in [4.78, 5) is 16.3. The molecule has 0 spiro atoms. The van der Waals surface area contributed by atoms with Crippen LogP contribution in [-0.2, 0) is 10.8 Å². The lowest BCUT2D eigenvalue weighted by atomic mass is 9.88. The fourth-order valence-electron chi connectivity index (χ4n) is 7.87. The van der Waals surface area contributed by atoms with Crippen LogP contribution in [0.25, 0.3) is 60.1 Å². The number of para-hydroxylation sites is 3. The van der Waals surface area contributed by atoms with Crippen LogP contribution in [0.1, 0.15) is 52.7 Å². The molecular weight excluding hydrogens is 673 g/mol. The van der Waals surface area contributed by atoms with Gasteiger partial charge in [0.25, 0.3) is 0 Å². The van der Waals surface area contributed by atoms with E-state index in [1.54, 1.807) is 0 Å². The molecule has 0 saturated carbocycles. The lowest BCUT2D eigenvalue weighted by Gasteiger charge is -2.27. The Morgan fingerprint density at radius 1 is 0.491 bits per heavy atom. The third-order valence-electron chi connectivity index (χ3n) is 10.7. The molecule has 268 valence electrons. The number of hydrogen-bond acceptors (Lipinski definition) is 3. The van der Waals surface area contributed by atoms with E-state index in [9.17, 15) is 0 Å². The van der Waals surface area contributed by atoms with Crippen LogP contribution in [0.3, 0.4) is 0 Å². The Bertz CT molecular complexity index is 2960. The summed E-state index contributed by atoms with van der Waals surface area (Å²) in [5.74, 6) is 1.72. The summed E-state index contributed by atoms with van der Waals surface area (Å²) in [5.41, 5.74) is 9.77. The summed E-state index contributed by atoms with van der Waals surface area (Å²) in [5, 5.41) is 4.40. The third-order valence-corrected chi connectivity index (χ3v) is 10.7. The SMILES string of the molecule is [C-]#[N+]c1cc2c3ccccc3n(-c3cc(C(C)(C)C)ccn3)c2cc1N(c1ccccc1)c1ccc2c3ccccc3n(-c3cc(C(C)(C)C)ccn3)c2c1. The molecule has 0 saturated heterocycles. The van der Waals surface area contributed by atoms with Crippen molar-refractivity contribution in [3.63, 3.8) is 0 Å². The fraction of sp³-hybridized carbons (Fsp3) is 0.163. The molecule has 0 aliphatic rings. The molecule has 6 nitrogen and oxygen atoms in total. The average Bonchev–Trinajstić information content (AvgIpc) is 3.69. The molecule has 0 unspecified atom stereocenters. The van der Waals surface area contributed by atoms with Crippen LogP contribution in [-0.4, -0.2) is 19.1 Å². The van der Waals surface area contributed by atoms with Gasteiger partial charge in [0, 0.05) is 39.9 Å². The molecule has 0 atom stereocenters. The Morgan fingerprint density at radius 3 is 1.56 bits per heavy atom. The highest BCUT2D eigenvalue weighted by Crippen LogP contribution is 2.46. The summed E-state index contributed by atoms with van der Waals surface area (Å²) >= 11 is 0. The Balaban J connectivity index is 1.33. The molecule has 0 fully saturated rings. The molecule has 0 aliphatic heterocycles. The molecule has 9 rings (SSSR count). The quantitative estimate of drug-likeness (QED) is 0.167. The molecule has 0 amide bonds. The minimum atomic E-state index is -0.0479.